The van der Waals surface area contributed by atoms with Crippen molar-refractivity contribution in [2.45, 2.75) is 0 Å². The van der Waals surface area contributed by atoms with Crippen LogP contribution in [0, 0.1) is 0 Å². The lowest BCUT2D eigenvalue weighted by Gasteiger charge is -2.18. The molecule has 0 aliphatic rings. The van der Waals surface area contributed by atoms with Crippen molar-refractivity contribution in [2.75, 3.05) is 39.3 Å². The third kappa shape index (κ3) is 45.9. The molecule has 0 heterocycles. The van der Waals surface area contributed by atoms with Crippen molar-refractivity contribution in [3.63, 3.8) is 0 Å². The fourth-order valence-electron chi connectivity index (χ4n) is 2.38. The van der Waals surface area contributed by atoms with Gasteiger partial charge in [-0.05, 0) is 0 Å². The summed E-state index contributed by atoms with van der Waals surface area (Å²) in [5.74, 6) is -6.30. The first-order chi connectivity index (χ1) is 22.3. The van der Waals surface area contributed by atoms with Crippen LogP contribution in [0.25, 0.3) is 0 Å². The number of aliphatic carboxylic acids is 6. The number of hydrogen-bond donors (Lipinski definition) is 12. The van der Waals surface area contributed by atoms with Crippen LogP contribution in [-0.4, -0.2) is 133 Å². The van der Waals surface area contributed by atoms with E-state index in [1.165, 1.54) is 51.2 Å². The quantitative estimate of drug-likeness (QED) is 0.0536. The molecule has 0 aromatic carbocycles. The summed E-state index contributed by atoms with van der Waals surface area (Å²) in [6.45, 7) is 1.57. The Morgan fingerprint density at radius 2 is 0.490 bits per heavy atom. The van der Waals surface area contributed by atoms with Crippen molar-refractivity contribution >= 4 is 123 Å². The molecule has 0 unspecified atom stereocenters. The molecular weight excluding hydrogens is 793 g/mol. The molecule has 24 heteroatoms. The van der Waals surface area contributed by atoms with Crippen LogP contribution < -0.4 is 18.5 Å². The van der Waals surface area contributed by atoms with Crippen LogP contribution in [0.3, 0.4) is 0 Å². The molecule has 288 valence electrons. The van der Waals surface area contributed by atoms with Gasteiger partial charge in [0, 0.05) is 75.7 Å². The summed E-state index contributed by atoms with van der Waals surface area (Å²) in [4.78, 5) is 65.8. The van der Waals surface area contributed by atoms with Gasteiger partial charge in [-0.25, -0.2) is 28.8 Å². The Morgan fingerprint density at radius 1 is 0.373 bits per heavy atom. The van der Waals surface area contributed by atoms with E-state index in [4.69, 9.17) is 67.3 Å². The number of carbonyl (C=O) groups is 6. The predicted octanol–water partition coefficient (Wildman–Crippen LogP) is 2.84. The highest BCUT2D eigenvalue weighted by Gasteiger charge is 2.04. The van der Waals surface area contributed by atoms with Crippen LogP contribution in [0.15, 0.2) is 72.9 Å². The molecule has 0 saturated carbocycles. The van der Waals surface area contributed by atoms with Crippen molar-refractivity contribution < 1.29 is 59.4 Å². The maximum atomic E-state index is 10.2. The fourth-order valence-corrected chi connectivity index (χ4v) is 3.31. The van der Waals surface area contributed by atoms with Crippen molar-refractivity contribution in [1.29, 1.82) is 0 Å². The van der Waals surface area contributed by atoms with E-state index in [-0.39, 0.29) is 70.7 Å². The zero-order valence-corrected chi connectivity index (χ0v) is 32.0. The van der Waals surface area contributed by atoms with Crippen LogP contribution in [0.4, 0.5) is 0 Å². The van der Waals surface area contributed by atoms with Gasteiger partial charge in [0.2, 0.25) is 0 Å². The Balaban J connectivity index is -0.000000145. The monoisotopic (exact) mass is 834 g/mol. The molecule has 0 amide bonds. The van der Waals surface area contributed by atoms with Gasteiger partial charge >= 0.3 is 35.8 Å². The molecule has 0 saturated heterocycles. The van der Waals surface area contributed by atoms with E-state index in [2.05, 4.69) is 37.9 Å². The number of thiol groups is 3. The Morgan fingerprint density at radius 3 is 0.569 bits per heavy atom. The normalized spacial score (nSPS) is 10.2. The summed E-state index contributed by atoms with van der Waals surface area (Å²) >= 11 is 26.2. The standard InChI is InChI=1S/3C9H11NO4S2.3H3N/c3*11-7(12)3-1-5-10(9(15)16)6-2-4-8(13)14;;;/h3*1-4H,5-6H2,(H,11,12)(H,13,14)(H,15,16);3*1H3. The third-order valence-corrected chi connectivity index (χ3v) is 5.95. The molecule has 0 spiro atoms. The number of hydrogen-bond acceptors (Lipinski definition) is 12. The molecule has 0 aromatic heterocycles. The topological polar surface area (TPSA) is 339 Å². The Bertz CT molecular complexity index is 1100. The summed E-state index contributed by atoms with van der Waals surface area (Å²) in [6.07, 6.45) is 14.3. The second-order valence-electron chi connectivity index (χ2n) is 8.01. The van der Waals surface area contributed by atoms with Crippen LogP contribution >= 0.6 is 74.5 Å². The molecule has 0 bridgehead atoms. The largest absolute Gasteiger partial charge is 0.478 e. The van der Waals surface area contributed by atoms with Crippen molar-refractivity contribution in [3.05, 3.63) is 72.9 Å². The van der Waals surface area contributed by atoms with Gasteiger partial charge < -0.3 is 63.8 Å². The van der Waals surface area contributed by atoms with E-state index in [0.717, 1.165) is 36.5 Å². The number of carboxylic acids is 6. The minimum absolute atomic E-state index is 0. The van der Waals surface area contributed by atoms with Gasteiger partial charge in [0.05, 0.1) is 0 Å². The molecule has 0 fully saturated rings. The van der Waals surface area contributed by atoms with E-state index in [1.807, 2.05) is 0 Å². The van der Waals surface area contributed by atoms with Crippen LogP contribution in [-0.2, 0) is 28.8 Å². The Kier molecular flexibility index (Phi) is 43.0. The Labute approximate surface area is 326 Å². The molecular formula is C27H42N6O12S6. The summed E-state index contributed by atoms with van der Waals surface area (Å²) < 4.78 is 0.806. The maximum Gasteiger partial charge on any atom is 0.328 e. The molecule has 18 nitrogen and oxygen atoms in total. The van der Waals surface area contributed by atoms with Gasteiger partial charge in [-0.1, -0.05) is 73.1 Å². The lowest BCUT2D eigenvalue weighted by atomic mass is 10.4. The number of thiocarbonyl (C=S) groups is 3. The van der Waals surface area contributed by atoms with Crippen molar-refractivity contribution in [3.8, 4) is 0 Å². The minimum atomic E-state index is -1.05. The van der Waals surface area contributed by atoms with Gasteiger partial charge in [-0.15, -0.1) is 37.9 Å². The predicted molar refractivity (Wildman–Crippen MR) is 215 cm³/mol. The van der Waals surface area contributed by atoms with Gasteiger partial charge in [0.15, 0.2) is 0 Å². The van der Waals surface area contributed by atoms with Gasteiger partial charge in [0.1, 0.15) is 13.0 Å². The molecule has 0 aromatic rings. The summed E-state index contributed by atoms with van der Waals surface area (Å²) in [6, 6.07) is 0. The first-order valence-corrected chi connectivity index (χ1v) is 15.2. The van der Waals surface area contributed by atoms with E-state index in [0.29, 0.717) is 0 Å². The highest BCUT2D eigenvalue weighted by Crippen LogP contribution is 2.00. The SMILES string of the molecule is N.N.N.O=C(O)C=CCN(CC=CC(=O)O)C(=S)S.O=C(O)C=CCN(CC=CC(=O)O)C(=S)S.O=C(O)C=CCN(CC=CC(=O)O)C(=S)S. The van der Waals surface area contributed by atoms with Gasteiger partial charge in [0.25, 0.3) is 0 Å². The first-order valence-electron chi connectivity index (χ1n) is 12.6. The van der Waals surface area contributed by atoms with E-state index in [9.17, 15) is 28.8 Å². The van der Waals surface area contributed by atoms with Gasteiger partial charge in [-0.3, -0.25) is 0 Å². The first kappa shape index (κ1) is 59.0. The molecule has 0 radical (unpaired) electrons. The van der Waals surface area contributed by atoms with Crippen LogP contribution in [0.1, 0.15) is 0 Å². The van der Waals surface area contributed by atoms with E-state index >= 15 is 0 Å². The molecule has 0 aliphatic carbocycles. The summed E-state index contributed by atoms with van der Waals surface area (Å²) in [7, 11) is 0. The zero-order chi connectivity index (χ0) is 37.7. The summed E-state index contributed by atoms with van der Waals surface area (Å²) in [5, 5.41) is 50.2. The second kappa shape index (κ2) is 37.1. The fraction of sp³-hybridized carbons (Fsp3) is 0.222. The van der Waals surface area contributed by atoms with Crippen molar-refractivity contribution in [2.24, 2.45) is 0 Å². The lowest BCUT2D eigenvalue weighted by Crippen LogP contribution is -2.26. The van der Waals surface area contributed by atoms with E-state index in [1.54, 1.807) is 0 Å². The Hall–Kier alpha value is -4.14. The average Bonchev–Trinajstić information content (AvgIpc) is 2.94. The number of rotatable bonds is 18. The smallest absolute Gasteiger partial charge is 0.328 e. The highest BCUT2D eigenvalue weighted by molar-refractivity contribution is 8.11. The zero-order valence-electron chi connectivity index (χ0n) is 26.8. The molecule has 0 aliphatic heterocycles. The minimum Gasteiger partial charge on any atom is -0.478 e. The van der Waals surface area contributed by atoms with Crippen LogP contribution in [0.2, 0.25) is 0 Å². The van der Waals surface area contributed by atoms with E-state index < -0.39 is 35.8 Å². The number of carboxylic acid groups (broad SMARTS) is 6. The average molecular weight is 835 g/mol. The second-order valence-corrected chi connectivity index (χ2v) is 11.3. The van der Waals surface area contributed by atoms with Gasteiger partial charge in [-0.2, -0.15) is 0 Å². The molecule has 0 rings (SSSR count). The molecule has 51 heavy (non-hydrogen) atoms. The summed E-state index contributed by atoms with van der Waals surface area (Å²) in [5.41, 5.74) is 0. The molecule has 0 atom stereocenters. The molecule has 15 N–H and O–H groups in total. The van der Waals surface area contributed by atoms with Crippen molar-refractivity contribution in [1.82, 2.24) is 33.2 Å². The highest BCUT2D eigenvalue weighted by atomic mass is 32.1. The number of nitrogens with zero attached hydrogens (tertiary/aromatic N) is 3. The maximum absolute atomic E-state index is 10.2. The van der Waals surface area contributed by atoms with Crippen LogP contribution in [0.5, 0.6) is 0 Å². The third-order valence-electron chi connectivity index (χ3n) is 4.33. The lowest BCUT2D eigenvalue weighted by molar-refractivity contribution is -0.132.